The smallest absolute Gasteiger partial charge is 0.247 e. The van der Waals surface area contributed by atoms with E-state index in [9.17, 15) is 30.7 Å². The Bertz CT molecular complexity index is 2070. The summed E-state index contributed by atoms with van der Waals surface area (Å²) < 4.78 is 84.6. The van der Waals surface area contributed by atoms with Crippen molar-refractivity contribution in [2.45, 2.75) is 36.0 Å². The van der Waals surface area contributed by atoms with Crippen molar-refractivity contribution in [2.24, 2.45) is 0 Å². The molecule has 0 aliphatic carbocycles. The SMILES string of the molecule is O=S(=O)(c1ccccc1)N(Cc1ccc(F)cc1)Cc1ccc(CN(Cc2ccc(F)cc2)S(=O)(=O)c2cc(Cl)cc(Cl)c2O)cc1. The van der Waals surface area contributed by atoms with Gasteiger partial charge in [-0.05, 0) is 70.8 Å². The van der Waals surface area contributed by atoms with E-state index < -0.39 is 42.3 Å². The average Bonchev–Trinajstić information content (AvgIpc) is 3.05. The second-order valence-electron chi connectivity index (χ2n) is 10.7. The summed E-state index contributed by atoms with van der Waals surface area (Å²) in [4.78, 5) is -0.388. The summed E-state index contributed by atoms with van der Waals surface area (Å²) in [5, 5.41) is 10.3. The molecule has 5 aromatic carbocycles. The van der Waals surface area contributed by atoms with Gasteiger partial charge in [-0.1, -0.05) is 89.9 Å². The molecule has 0 saturated carbocycles. The first-order valence-electron chi connectivity index (χ1n) is 14.1. The van der Waals surface area contributed by atoms with Crippen molar-refractivity contribution >= 4 is 43.2 Å². The van der Waals surface area contributed by atoms with Gasteiger partial charge in [-0.15, -0.1) is 0 Å². The third kappa shape index (κ3) is 8.36. The number of aromatic hydroxyl groups is 1. The Kier molecular flexibility index (Phi) is 10.6. The van der Waals surface area contributed by atoms with Crippen LogP contribution in [0.25, 0.3) is 0 Å². The average molecular weight is 718 g/mol. The fourth-order valence-electron chi connectivity index (χ4n) is 4.82. The number of sulfonamides is 2. The monoisotopic (exact) mass is 716 g/mol. The predicted molar refractivity (Wildman–Crippen MR) is 177 cm³/mol. The first-order valence-corrected chi connectivity index (χ1v) is 17.8. The Balaban J connectivity index is 1.44. The number of hydrogen-bond acceptors (Lipinski definition) is 5. The molecule has 0 aromatic heterocycles. The van der Waals surface area contributed by atoms with Crippen LogP contribution < -0.4 is 0 Å². The summed E-state index contributed by atoms with van der Waals surface area (Å²) in [6.45, 7) is -0.379. The number of hydrogen-bond donors (Lipinski definition) is 1. The van der Waals surface area contributed by atoms with Crippen LogP contribution in [0.3, 0.4) is 0 Å². The molecule has 1 N–H and O–H groups in total. The highest BCUT2D eigenvalue weighted by Gasteiger charge is 2.30. The van der Waals surface area contributed by atoms with Crippen LogP contribution in [0, 0.1) is 11.6 Å². The van der Waals surface area contributed by atoms with E-state index in [0.717, 1.165) is 10.4 Å². The molecule has 5 rings (SSSR count). The van der Waals surface area contributed by atoms with E-state index in [0.29, 0.717) is 22.3 Å². The second kappa shape index (κ2) is 14.5. The number of rotatable bonds is 12. The maximum atomic E-state index is 13.9. The van der Waals surface area contributed by atoms with Crippen LogP contribution in [0.4, 0.5) is 8.78 Å². The standard InChI is InChI=1S/C34H28Cl2F2N2O5S2/c35-28-18-32(36)34(41)33(19-28)47(44,45)40(23-27-12-16-30(38)17-13-27)22-25-8-6-24(7-9-25)20-39(21-26-10-14-29(37)15-11-26)46(42,43)31-4-2-1-3-5-31/h1-19,41H,20-23H2. The Morgan fingerprint density at radius 3 is 1.36 bits per heavy atom. The molecule has 244 valence electrons. The van der Waals surface area contributed by atoms with Gasteiger partial charge < -0.3 is 5.11 Å². The van der Waals surface area contributed by atoms with Crippen molar-refractivity contribution in [3.8, 4) is 5.75 Å². The van der Waals surface area contributed by atoms with Gasteiger partial charge in [-0.2, -0.15) is 8.61 Å². The number of halogens is 4. The lowest BCUT2D eigenvalue weighted by molar-refractivity contribution is 0.393. The zero-order valence-electron chi connectivity index (χ0n) is 24.6. The molecule has 13 heteroatoms. The minimum Gasteiger partial charge on any atom is -0.505 e. The molecule has 0 atom stereocenters. The summed E-state index contributed by atoms with van der Waals surface area (Å²) in [5.41, 5.74) is 2.24. The molecule has 5 aromatic rings. The van der Waals surface area contributed by atoms with Crippen LogP contribution in [-0.4, -0.2) is 30.6 Å². The summed E-state index contributed by atoms with van der Waals surface area (Å²) in [5.74, 6) is -1.58. The van der Waals surface area contributed by atoms with E-state index in [4.69, 9.17) is 23.2 Å². The van der Waals surface area contributed by atoms with E-state index in [2.05, 4.69) is 0 Å². The van der Waals surface area contributed by atoms with E-state index >= 15 is 0 Å². The molecule has 7 nitrogen and oxygen atoms in total. The van der Waals surface area contributed by atoms with Gasteiger partial charge in [0.25, 0.3) is 0 Å². The van der Waals surface area contributed by atoms with E-state index in [-0.39, 0.29) is 41.1 Å². The summed E-state index contributed by atoms with van der Waals surface area (Å²) in [6.07, 6.45) is 0. The number of phenolic OH excluding ortho intramolecular Hbond substituents is 1. The molecule has 0 fully saturated rings. The highest BCUT2D eigenvalue weighted by atomic mass is 35.5. The molecule has 0 radical (unpaired) electrons. The summed E-state index contributed by atoms with van der Waals surface area (Å²) in [6, 6.07) is 27.9. The van der Waals surface area contributed by atoms with E-state index in [1.54, 1.807) is 42.5 Å². The molecule has 47 heavy (non-hydrogen) atoms. The maximum absolute atomic E-state index is 13.9. The van der Waals surface area contributed by atoms with Crippen LogP contribution in [0.1, 0.15) is 22.3 Å². The van der Waals surface area contributed by atoms with Crippen LogP contribution in [0.15, 0.2) is 125 Å². The summed E-state index contributed by atoms with van der Waals surface area (Å²) >= 11 is 12.1. The first-order chi connectivity index (χ1) is 22.3. The third-order valence-corrected chi connectivity index (χ3v) is 11.4. The molecular weight excluding hydrogens is 689 g/mol. The van der Waals surface area contributed by atoms with E-state index in [1.807, 2.05) is 0 Å². The fourth-order valence-corrected chi connectivity index (χ4v) is 8.41. The lowest BCUT2D eigenvalue weighted by Crippen LogP contribution is -2.31. The molecule has 0 amide bonds. The first kappa shape index (κ1) is 34.5. The summed E-state index contributed by atoms with van der Waals surface area (Å²) in [7, 11) is -8.35. The van der Waals surface area contributed by atoms with Gasteiger partial charge in [-0.25, -0.2) is 25.6 Å². The van der Waals surface area contributed by atoms with Crippen molar-refractivity contribution in [3.63, 3.8) is 0 Å². The van der Waals surface area contributed by atoms with Crippen molar-refractivity contribution < 1.29 is 30.7 Å². The number of phenols is 1. The molecule has 0 aliphatic rings. The zero-order valence-corrected chi connectivity index (χ0v) is 27.7. The fraction of sp³-hybridized carbons (Fsp3) is 0.118. The topological polar surface area (TPSA) is 95.0 Å². The Hall–Kier alpha value is -3.84. The van der Waals surface area contributed by atoms with Gasteiger partial charge in [0, 0.05) is 31.2 Å². The zero-order chi connectivity index (χ0) is 33.8. The molecule has 0 aliphatic heterocycles. The Morgan fingerprint density at radius 2 is 0.936 bits per heavy atom. The van der Waals surface area contributed by atoms with E-state index in [1.165, 1.54) is 71.0 Å². The van der Waals surface area contributed by atoms with Gasteiger partial charge >= 0.3 is 0 Å². The second-order valence-corrected chi connectivity index (χ2v) is 15.4. The normalized spacial score (nSPS) is 12.1. The van der Waals surface area contributed by atoms with Crippen molar-refractivity contribution in [2.75, 3.05) is 0 Å². The lowest BCUT2D eigenvalue weighted by Gasteiger charge is -2.24. The quantitative estimate of drug-likeness (QED) is 0.142. The predicted octanol–water partition coefficient (Wildman–Crippen LogP) is 7.76. The third-order valence-electron chi connectivity index (χ3n) is 7.28. The van der Waals surface area contributed by atoms with Gasteiger partial charge in [0.15, 0.2) is 5.75 Å². The van der Waals surface area contributed by atoms with Crippen LogP contribution in [0.5, 0.6) is 5.75 Å². The number of benzene rings is 5. The molecule has 0 heterocycles. The molecule has 0 spiro atoms. The number of nitrogens with zero attached hydrogens (tertiary/aromatic N) is 2. The van der Waals surface area contributed by atoms with Crippen LogP contribution >= 0.6 is 23.2 Å². The van der Waals surface area contributed by atoms with Gasteiger partial charge in [0.05, 0.1) is 9.92 Å². The highest BCUT2D eigenvalue weighted by molar-refractivity contribution is 7.89. The molecule has 0 unspecified atom stereocenters. The maximum Gasteiger partial charge on any atom is 0.247 e. The molecular formula is C34H28Cl2F2N2O5S2. The van der Waals surface area contributed by atoms with Gasteiger partial charge in [0.2, 0.25) is 20.0 Å². The lowest BCUT2D eigenvalue weighted by atomic mass is 10.1. The van der Waals surface area contributed by atoms with Crippen molar-refractivity contribution in [1.82, 2.24) is 8.61 Å². The largest absolute Gasteiger partial charge is 0.505 e. The Labute approximate surface area is 282 Å². The van der Waals surface area contributed by atoms with Crippen LogP contribution in [-0.2, 0) is 46.2 Å². The molecule has 0 bridgehead atoms. The highest BCUT2D eigenvalue weighted by Crippen LogP contribution is 2.36. The minimum absolute atomic E-state index is 0.00751. The van der Waals surface area contributed by atoms with Gasteiger partial charge in [0.1, 0.15) is 16.5 Å². The Morgan fingerprint density at radius 1 is 0.553 bits per heavy atom. The van der Waals surface area contributed by atoms with Crippen molar-refractivity contribution in [1.29, 1.82) is 0 Å². The minimum atomic E-state index is -4.39. The van der Waals surface area contributed by atoms with Crippen LogP contribution in [0.2, 0.25) is 10.0 Å². The van der Waals surface area contributed by atoms with Crippen molar-refractivity contribution in [3.05, 3.63) is 159 Å². The molecule has 0 saturated heterocycles. The van der Waals surface area contributed by atoms with Gasteiger partial charge in [-0.3, -0.25) is 0 Å².